The van der Waals surface area contributed by atoms with Crippen molar-refractivity contribution in [1.82, 2.24) is 14.1 Å². The van der Waals surface area contributed by atoms with E-state index in [1.165, 1.54) is 0 Å². The molecule has 0 amide bonds. The summed E-state index contributed by atoms with van der Waals surface area (Å²) in [6, 6.07) is 0. The molecule has 1 aromatic rings. The standard InChI is InChI=1S/C17H29N5O7S/c1-17(2,3)18-11-13(29-14(23)5-4-8-28-22(24)25)12-27-16-15(19-30-20-16)21-6-9-26-10-7-21/h13,18H,4-12H2,1-3H3. The maximum absolute atomic E-state index is 12.1. The van der Waals surface area contributed by atoms with Gasteiger partial charge in [0.25, 0.3) is 11.0 Å². The van der Waals surface area contributed by atoms with Crippen LogP contribution in [-0.4, -0.2) is 77.5 Å². The van der Waals surface area contributed by atoms with E-state index < -0.39 is 17.2 Å². The van der Waals surface area contributed by atoms with Crippen LogP contribution >= 0.6 is 11.7 Å². The number of ether oxygens (including phenoxy) is 3. The highest BCUT2D eigenvalue weighted by molar-refractivity contribution is 6.99. The zero-order valence-electron chi connectivity index (χ0n) is 17.5. The molecule has 1 N–H and O–H groups in total. The number of morpholine rings is 1. The van der Waals surface area contributed by atoms with Gasteiger partial charge >= 0.3 is 5.97 Å². The van der Waals surface area contributed by atoms with Crippen molar-refractivity contribution in [1.29, 1.82) is 0 Å². The van der Waals surface area contributed by atoms with Crippen molar-refractivity contribution >= 4 is 23.5 Å². The number of nitrogens with zero attached hydrogens (tertiary/aromatic N) is 4. The number of rotatable bonds is 12. The normalized spacial score (nSPS) is 15.5. The van der Waals surface area contributed by atoms with Gasteiger partial charge in [0.15, 0.2) is 0 Å². The van der Waals surface area contributed by atoms with Crippen molar-refractivity contribution in [3.8, 4) is 5.88 Å². The third kappa shape index (κ3) is 9.05. The summed E-state index contributed by atoms with van der Waals surface area (Å²) in [6.45, 7) is 8.98. The van der Waals surface area contributed by atoms with Crippen LogP contribution in [0.1, 0.15) is 33.6 Å². The quantitative estimate of drug-likeness (QED) is 0.213. The number of anilines is 1. The molecule has 1 aliphatic heterocycles. The van der Waals surface area contributed by atoms with Crippen LogP contribution in [0.3, 0.4) is 0 Å². The van der Waals surface area contributed by atoms with E-state index in [1.807, 2.05) is 25.7 Å². The molecule has 1 aromatic heterocycles. The highest BCUT2D eigenvalue weighted by Crippen LogP contribution is 2.26. The van der Waals surface area contributed by atoms with Crippen LogP contribution < -0.4 is 15.0 Å². The molecule has 12 nitrogen and oxygen atoms in total. The molecule has 1 aliphatic rings. The molecule has 0 spiro atoms. The minimum absolute atomic E-state index is 0.0111. The number of carbonyl (C=O) groups is 1. The Balaban J connectivity index is 1.89. The minimum Gasteiger partial charge on any atom is -0.470 e. The van der Waals surface area contributed by atoms with Crippen LogP contribution in [0.15, 0.2) is 0 Å². The second-order valence-corrected chi connectivity index (χ2v) is 8.24. The Morgan fingerprint density at radius 1 is 1.37 bits per heavy atom. The molecule has 1 unspecified atom stereocenters. The number of aromatic nitrogens is 2. The lowest BCUT2D eigenvalue weighted by atomic mass is 10.1. The van der Waals surface area contributed by atoms with Gasteiger partial charge < -0.3 is 29.3 Å². The zero-order valence-corrected chi connectivity index (χ0v) is 18.3. The molecule has 0 radical (unpaired) electrons. The first kappa shape index (κ1) is 24.0. The fourth-order valence-electron chi connectivity index (χ4n) is 2.56. The number of esters is 1. The van der Waals surface area contributed by atoms with Crippen LogP contribution in [0.2, 0.25) is 0 Å². The fraction of sp³-hybridized carbons (Fsp3) is 0.824. The largest absolute Gasteiger partial charge is 0.470 e. The summed E-state index contributed by atoms with van der Waals surface area (Å²) in [6.07, 6.45) is -0.360. The Hall–Kier alpha value is -2.25. The number of nitrogens with one attached hydrogen (secondary N) is 1. The lowest BCUT2D eigenvalue weighted by Crippen LogP contribution is -2.44. The van der Waals surface area contributed by atoms with E-state index in [0.717, 1.165) is 11.7 Å². The molecular formula is C17H29N5O7S. The number of carbonyl (C=O) groups excluding carboxylic acids is 1. The van der Waals surface area contributed by atoms with Gasteiger partial charge in [0.1, 0.15) is 12.7 Å². The van der Waals surface area contributed by atoms with Gasteiger partial charge in [0, 0.05) is 31.6 Å². The molecule has 0 aliphatic carbocycles. The Morgan fingerprint density at radius 3 is 2.77 bits per heavy atom. The molecule has 1 fully saturated rings. The van der Waals surface area contributed by atoms with E-state index >= 15 is 0 Å². The lowest BCUT2D eigenvalue weighted by Gasteiger charge is -2.27. The average Bonchev–Trinajstić information content (AvgIpc) is 3.16. The van der Waals surface area contributed by atoms with Gasteiger partial charge in [-0.15, -0.1) is 14.5 Å². The summed E-state index contributed by atoms with van der Waals surface area (Å²) in [5, 5.41) is 12.6. The van der Waals surface area contributed by atoms with Crippen LogP contribution in [0.5, 0.6) is 5.88 Å². The lowest BCUT2D eigenvalue weighted by molar-refractivity contribution is -0.757. The monoisotopic (exact) mass is 447 g/mol. The summed E-state index contributed by atoms with van der Waals surface area (Å²) in [5.74, 6) is 0.586. The second kappa shape index (κ2) is 11.8. The number of hydrogen-bond donors (Lipinski definition) is 1. The predicted octanol–water partition coefficient (Wildman–Crippen LogP) is 1.04. The summed E-state index contributed by atoms with van der Waals surface area (Å²) < 4.78 is 25.2. The van der Waals surface area contributed by atoms with Gasteiger partial charge in [-0.1, -0.05) is 0 Å². The van der Waals surface area contributed by atoms with Crippen LogP contribution in [0, 0.1) is 10.1 Å². The first-order valence-corrected chi connectivity index (χ1v) is 10.5. The van der Waals surface area contributed by atoms with Crippen LogP contribution in [0.25, 0.3) is 0 Å². The summed E-state index contributed by atoms with van der Waals surface area (Å²) in [7, 11) is 0. The topological polar surface area (TPSA) is 138 Å². The predicted molar refractivity (Wildman–Crippen MR) is 108 cm³/mol. The van der Waals surface area contributed by atoms with Crippen molar-refractivity contribution in [2.75, 3.05) is 51.0 Å². The number of hydrogen-bond acceptors (Lipinski definition) is 12. The SMILES string of the molecule is CC(C)(C)NCC(COc1nsnc1N1CCOCC1)OC(=O)CCCO[N+](=O)[O-]. The average molecular weight is 448 g/mol. The van der Waals surface area contributed by atoms with Gasteiger partial charge in [-0.3, -0.25) is 4.79 Å². The van der Waals surface area contributed by atoms with Gasteiger partial charge in [-0.25, -0.2) is 0 Å². The minimum atomic E-state index is -0.886. The molecule has 2 rings (SSSR count). The Labute approximate surface area is 179 Å². The molecule has 1 saturated heterocycles. The smallest absolute Gasteiger partial charge is 0.306 e. The maximum Gasteiger partial charge on any atom is 0.306 e. The van der Waals surface area contributed by atoms with Crippen molar-refractivity contribution in [3.63, 3.8) is 0 Å². The van der Waals surface area contributed by atoms with Gasteiger partial charge in [0.2, 0.25) is 5.82 Å². The van der Waals surface area contributed by atoms with Gasteiger partial charge in [-0.05, 0) is 27.2 Å². The van der Waals surface area contributed by atoms with Crippen LogP contribution in [-0.2, 0) is 19.1 Å². The zero-order chi connectivity index (χ0) is 22.0. The molecule has 30 heavy (non-hydrogen) atoms. The molecule has 13 heteroatoms. The molecule has 1 atom stereocenters. The van der Waals surface area contributed by atoms with E-state index in [9.17, 15) is 14.9 Å². The highest BCUT2D eigenvalue weighted by Gasteiger charge is 2.23. The van der Waals surface area contributed by atoms with Crippen molar-refractivity contribution in [3.05, 3.63) is 10.1 Å². The third-order valence-corrected chi connectivity index (χ3v) is 4.54. The van der Waals surface area contributed by atoms with E-state index in [1.54, 1.807) is 0 Å². The first-order chi connectivity index (χ1) is 14.2. The van der Waals surface area contributed by atoms with E-state index in [2.05, 4.69) is 18.9 Å². The molecule has 0 aromatic carbocycles. The Morgan fingerprint density at radius 2 is 2.10 bits per heavy atom. The van der Waals surface area contributed by atoms with Crippen molar-refractivity contribution in [2.45, 2.75) is 45.3 Å². The molecular weight excluding hydrogens is 418 g/mol. The summed E-state index contributed by atoms with van der Waals surface area (Å²) >= 11 is 1.06. The van der Waals surface area contributed by atoms with Crippen molar-refractivity contribution < 1.29 is 28.9 Å². The second-order valence-electron chi connectivity index (χ2n) is 7.71. The molecule has 0 bridgehead atoms. The van der Waals surface area contributed by atoms with E-state index in [4.69, 9.17) is 14.2 Å². The Kier molecular flexibility index (Phi) is 9.46. The van der Waals surface area contributed by atoms with E-state index in [0.29, 0.717) is 44.5 Å². The molecule has 2 heterocycles. The van der Waals surface area contributed by atoms with Gasteiger partial charge in [0.05, 0.1) is 31.5 Å². The fourth-order valence-corrected chi connectivity index (χ4v) is 3.08. The van der Waals surface area contributed by atoms with Crippen LogP contribution in [0.4, 0.5) is 5.82 Å². The first-order valence-electron chi connectivity index (χ1n) is 9.74. The van der Waals surface area contributed by atoms with E-state index in [-0.39, 0.29) is 31.6 Å². The molecule has 0 saturated carbocycles. The summed E-state index contributed by atoms with van der Waals surface area (Å²) in [5.41, 5.74) is -0.175. The van der Waals surface area contributed by atoms with Gasteiger partial charge in [-0.2, -0.15) is 4.37 Å². The third-order valence-electron chi connectivity index (χ3n) is 4.04. The Bertz CT molecular complexity index is 676. The highest BCUT2D eigenvalue weighted by atomic mass is 32.1. The summed E-state index contributed by atoms with van der Waals surface area (Å²) in [4.78, 5) is 28.5. The van der Waals surface area contributed by atoms with Crippen molar-refractivity contribution in [2.24, 2.45) is 0 Å². The molecule has 170 valence electrons. The maximum atomic E-state index is 12.1.